The smallest absolute Gasteiger partial charge is 0.257 e. The fourth-order valence-corrected chi connectivity index (χ4v) is 5.63. The summed E-state index contributed by atoms with van der Waals surface area (Å²) >= 11 is 1.24. The molecule has 0 aliphatic carbocycles. The number of morpholine rings is 1. The molecular weight excluding hydrogens is 450 g/mol. The summed E-state index contributed by atoms with van der Waals surface area (Å²) in [4.78, 5) is 18.0. The summed E-state index contributed by atoms with van der Waals surface area (Å²) in [7, 11) is -3.69. The fraction of sp³-hybridized carbons (Fsp3) is 0.190. The number of ether oxygens (including phenoxy) is 1. The van der Waals surface area contributed by atoms with E-state index in [-0.39, 0.29) is 10.5 Å². The molecule has 0 radical (unpaired) electrons. The van der Waals surface area contributed by atoms with Crippen molar-refractivity contribution in [3.8, 4) is 11.3 Å². The second-order valence-electron chi connectivity index (χ2n) is 7.12. The van der Waals surface area contributed by atoms with Crippen molar-refractivity contribution in [1.29, 1.82) is 0 Å². The van der Waals surface area contributed by atoms with Gasteiger partial charge in [-0.3, -0.25) is 10.1 Å². The van der Waals surface area contributed by atoms with Crippen LogP contribution in [0.3, 0.4) is 0 Å². The van der Waals surface area contributed by atoms with Crippen LogP contribution < -0.4 is 5.32 Å². The van der Waals surface area contributed by atoms with E-state index in [9.17, 15) is 13.2 Å². The van der Waals surface area contributed by atoms with Crippen molar-refractivity contribution >= 4 is 37.4 Å². The van der Waals surface area contributed by atoms with E-state index in [2.05, 4.69) is 15.4 Å². The van der Waals surface area contributed by atoms with Gasteiger partial charge in [-0.1, -0.05) is 47.7 Å². The van der Waals surface area contributed by atoms with E-state index in [1.807, 2.05) is 30.3 Å². The zero-order valence-electron chi connectivity index (χ0n) is 16.8. The quantitative estimate of drug-likeness (QED) is 0.482. The Hall–Kier alpha value is -3.12. The lowest BCUT2D eigenvalue weighted by atomic mass is 10.2. The number of anilines is 1. The lowest BCUT2D eigenvalue weighted by Gasteiger charge is -2.26. The van der Waals surface area contributed by atoms with Crippen LogP contribution in [0, 0.1) is 0 Å². The van der Waals surface area contributed by atoms with Crippen molar-refractivity contribution in [1.82, 2.24) is 18.9 Å². The van der Waals surface area contributed by atoms with E-state index in [4.69, 9.17) is 4.74 Å². The van der Waals surface area contributed by atoms with Gasteiger partial charge in [0.2, 0.25) is 20.1 Å². The number of amides is 1. The van der Waals surface area contributed by atoms with Gasteiger partial charge in [0.05, 0.1) is 30.0 Å². The second kappa shape index (κ2) is 8.43. The molecule has 0 spiro atoms. The maximum absolute atomic E-state index is 12.9. The van der Waals surface area contributed by atoms with Gasteiger partial charge in [0.25, 0.3) is 5.91 Å². The van der Waals surface area contributed by atoms with Crippen LogP contribution in [0.25, 0.3) is 16.2 Å². The van der Waals surface area contributed by atoms with Gasteiger partial charge in [-0.05, 0) is 18.2 Å². The number of carbonyl (C=O) groups is 1. The minimum Gasteiger partial charge on any atom is -0.379 e. The Balaban J connectivity index is 1.34. The molecular formula is C21H19N5O4S2. The number of hydrogen-bond acceptors (Lipinski definition) is 7. The molecule has 3 heterocycles. The van der Waals surface area contributed by atoms with Crippen LogP contribution in [-0.2, 0) is 14.8 Å². The predicted molar refractivity (Wildman–Crippen MR) is 120 cm³/mol. The van der Waals surface area contributed by atoms with Crippen molar-refractivity contribution in [2.24, 2.45) is 0 Å². The summed E-state index contributed by atoms with van der Waals surface area (Å²) < 4.78 is 33.9. The number of benzene rings is 2. The molecule has 1 aliphatic heterocycles. The molecule has 9 nitrogen and oxygen atoms in total. The summed E-state index contributed by atoms with van der Waals surface area (Å²) in [5.41, 5.74) is 2.01. The van der Waals surface area contributed by atoms with Crippen LogP contribution in [0.1, 0.15) is 10.4 Å². The Morgan fingerprint density at radius 3 is 2.59 bits per heavy atom. The average Bonchev–Trinajstić information content (AvgIpc) is 3.39. The molecule has 0 saturated carbocycles. The van der Waals surface area contributed by atoms with Crippen LogP contribution in [0.15, 0.2) is 65.7 Å². The number of aromatic nitrogens is 3. The molecule has 0 bridgehead atoms. The van der Waals surface area contributed by atoms with Crippen molar-refractivity contribution in [2.45, 2.75) is 4.90 Å². The lowest BCUT2D eigenvalue weighted by Crippen LogP contribution is -2.40. The molecule has 164 valence electrons. The van der Waals surface area contributed by atoms with E-state index >= 15 is 0 Å². The van der Waals surface area contributed by atoms with E-state index in [0.29, 0.717) is 36.4 Å². The zero-order valence-corrected chi connectivity index (χ0v) is 18.5. The number of sulfonamides is 1. The van der Waals surface area contributed by atoms with Crippen molar-refractivity contribution in [2.75, 3.05) is 31.6 Å². The molecule has 1 fully saturated rings. The molecule has 11 heteroatoms. The van der Waals surface area contributed by atoms with Crippen LogP contribution in [0.5, 0.6) is 0 Å². The number of fused-ring (bicyclic) bond motifs is 1. The summed E-state index contributed by atoms with van der Waals surface area (Å²) in [5, 5.41) is 7.47. The number of nitrogens with one attached hydrogen (secondary N) is 1. The summed E-state index contributed by atoms with van der Waals surface area (Å²) in [6.07, 6.45) is 1.80. The number of imidazole rings is 1. The van der Waals surface area contributed by atoms with Crippen LogP contribution >= 0.6 is 11.3 Å². The molecule has 1 amide bonds. The summed E-state index contributed by atoms with van der Waals surface area (Å²) in [5.74, 6) is -0.440. The normalized spacial score (nSPS) is 15.1. The maximum Gasteiger partial charge on any atom is 0.257 e. The van der Waals surface area contributed by atoms with Crippen molar-refractivity contribution in [3.05, 3.63) is 66.4 Å². The molecule has 0 unspecified atom stereocenters. The highest BCUT2D eigenvalue weighted by Crippen LogP contribution is 2.25. The topological polar surface area (TPSA) is 106 Å². The van der Waals surface area contributed by atoms with Gasteiger partial charge in [-0.25, -0.2) is 17.9 Å². The Morgan fingerprint density at radius 1 is 1.06 bits per heavy atom. The van der Waals surface area contributed by atoms with Gasteiger partial charge in [-0.15, -0.1) is 5.10 Å². The molecule has 1 N–H and O–H groups in total. The molecule has 0 atom stereocenters. The standard InChI is InChI=1S/C21H19N5O4S2/c27-19(16-7-4-8-17(13-16)32(28,29)25-9-11-30-12-10-25)23-20-24-26-14-18(22-21(26)31-20)15-5-2-1-3-6-15/h1-8,13-14H,9-12H2,(H,23,24,27). The van der Waals surface area contributed by atoms with Crippen LogP contribution in [-0.4, -0.2) is 59.5 Å². The molecule has 2 aromatic heterocycles. The largest absolute Gasteiger partial charge is 0.379 e. The molecule has 1 saturated heterocycles. The Bertz CT molecular complexity index is 1340. The highest BCUT2D eigenvalue weighted by Gasteiger charge is 2.27. The van der Waals surface area contributed by atoms with Gasteiger partial charge >= 0.3 is 0 Å². The highest BCUT2D eigenvalue weighted by molar-refractivity contribution is 7.89. The highest BCUT2D eigenvalue weighted by atomic mass is 32.2. The van der Waals surface area contributed by atoms with Gasteiger partial charge < -0.3 is 4.74 Å². The number of carbonyl (C=O) groups excluding carboxylic acids is 1. The van der Waals surface area contributed by atoms with E-state index < -0.39 is 15.9 Å². The predicted octanol–water partition coefficient (Wildman–Crippen LogP) is 2.73. The van der Waals surface area contributed by atoms with E-state index in [1.54, 1.807) is 22.8 Å². The monoisotopic (exact) mass is 469 g/mol. The lowest BCUT2D eigenvalue weighted by molar-refractivity contribution is 0.0730. The Kier molecular flexibility index (Phi) is 5.47. The van der Waals surface area contributed by atoms with E-state index in [1.165, 1.54) is 27.8 Å². The fourth-order valence-electron chi connectivity index (χ4n) is 3.40. The minimum atomic E-state index is -3.69. The number of nitrogens with zero attached hydrogens (tertiary/aromatic N) is 4. The average molecular weight is 470 g/mol. The van der Waals surface area contributed by atoms with Gasteiger partial charge in [0.15, 0.2) is 0 Å². The minimum absolute atomic E-state index is 0.0773. The molecule has 32 heavy (non-hydrogen) atoms. The first-order valence-corrected chi connectivity index (χ1v) is 12.2. The number of hydrogen-bond donors (Lipinski definition) is 1. The number of rotatable bonds is 5. The van der Waals surface area contributed by atoms with Gasteiger partial charge in [0, 0.05) is 24.2 Å². The van der Waals surface area contributed by atoms with Crippen LogP contribution in [0.2, 0.25) is 0 Å². The molecule has 1 aliphatic rings. The van der Waals surface area contributed by atoms with Crippen molar-refractivity contribution < 1.29 is 17.9 Å². The Morgan fingerprint density at radius 2 is 1.84 bits per heavy atom. The third-order valence-electron chi connectivity index (χ3n) is 5.04. The molecule has 4 aromatic rings. The first-order chi connectivity index (χ1) is 15.5. The second-order valence-corrected chi connectivity index (χ2v) is 10.0. The molecule has 5 rings (SSSR count). The van der Waals surface area contributed by atoms with Crippen LogP contribution in [0.4, 0.5) is 5.13 Å². The van der Waals surface area contributed by atoms with Gasteiger partial charge in [-0.2, -0.15) is 4.31 Å². The first-order valence-electron chi connectivity index (χ1n) is 9.92. The van der Waals surface area contributed by atoms with Gasteiger partial charge in [0.1, 0.15) is 0 Å². The third-order valence-corrected chi connectivity index (χ3v) is 7.77. The van der Waals surface area contributed by atoms with Crippen molar-refractivity contribution in [3.63, 3.8) is 0 Å². The summed E-state index contributed by atoms with van der Waals surface area (Å²) in [6, 6.07) is 15.7. The first kappa shape index (κ1) is 20.8. The summed E-state index contributed by atoms with van der Waals surface area (Å²) in [6.45, 7) is 1.31. The maximum atomic E-state index is 12.9. The zero-order chi connectivity index (χ0) is 22.1. The molecule has 2 aromatic carbocycles. The Labute approximate surface area is 188 Å². The SMILES string of the molecule is O=C(Nc1nn2cc(-c3ccccc3)nc2s1)c1cccc(S(=O)(=O)N2CCOCC2)c1. The third kappa shape index (κ3) is 4.02. The van der Waals surface area contributed by atoms with E-state index in [0.717, 1.165) is 11.3 Å².